The number of hydrogen-bond donors (Lipinski definition) is 1. The van der Waals surface area contributed by atoms with Crippen molar-refractivity contribution in [2.75, 3.05) is 5.73 Å². The van der Waals surface area contributed by atoms with Crippen LogP contribution in [0.15, 0.2) is 36.4 Å². The molecule has 0 unspecified atom stereocenters. The van der Waals surface area contributed by atoms with Crippen LogP contribution in [0.25, 0.3) is 21.3 Å². The molecule has 0 atom stereocenters. The lowest BCUT2D eigenvalue weighted by molar-refractivity contribution is 1.47. The quantitative estimate of drug-likeness (QED) is 0.662. The molecule has 1 heterocycles. The Morgan fingerprint density at radius 1 is 1.00 bits per heavy atom. The summed E-state index contributed by atoms with van der Waals surface area (Å²) in [4.78, 5) is 1.16. The Labute approximate surface area is 110 Å². The number of benzene rings is 2. The van der Waals surface area contributed by atoms with Crippen LogP contribution in [0.1, 0.15) is 11.1 Å². The first-order valence-electron chi connectivity index (χ1n) is 5.88. The fraction of sp³-hybridized carbons (Fsp3) is 0.133. The summed E-state index contributed by atoms with van der Waals surface area (Å²) in [6.07, 6.45) is 0. The molecule has 90 valence electrons. The van der Waals surface area contributed by atoms with Gasteiger partial charge in [-0.3, -0.25) is 0 Å². The summed E-state index contributed by atoms with van der Waals surface area (Å²) in [7, 11) is 0. The van der Waals surface area contributed by atoms with Gasteiger partial charge in [-0.15, -0.1) is 0 Å². The van der Waals surface area contributed by atoms with Gasteiger partial charge in [0.15, 0.2) is 0 Å². The minimum absolute atomic E-state index is 0.813. The van der Waals surface area contributed by atoms with Crippen molar-refractivity contribution in [3.05, 3.63) is 47.5 Å². The van der Waals surface area contributed by atoms with Gasteiger partial charge in [0.1, 0.15) is 0 Å². The molecule has 2 N–H and O–H groups in total. The van der Waals surface area contributed by atoms with E-state index in [1.165, 1.54) is 28.0 Å². The van der Waals surface area contributed by atoms with Crippen molar-refractivity contribution in [3.63, 3.8) is 0 Å². The van der Waals surface area contributed by atoms with Crippen LogP contribution in [0.4, 0.5) is 5.69 Å². The maximum Gasteiger partial charge on any atom is 0.0847 e. The van der Waals surface area contributed by atoms with Gasteiger partial charge in [-0.1, -0.05) is 23.3 Å². The molecule has 0 saturated carbocycles. The molecular formula is C15H14N2S. The van der Waals surface area contributed by atoms with E-state index in [4.69, 9.17) is 5.73 Å². The summed E-state index contributed by atoms with van der Waals surface area (Å²) >= 11 is 1.52. The van der Waals surface area contributed by atoms with Crippen molar-refractivity contribution in [3.8, 4) is 10.4 Å². The van der Waals surface area contributed by atoms with Crippen LogP contribution in [0.5, 0.6) is 0 Å². The van der Waals surface area contributed by atoms with Crippen LogP contribution in [0.2, 0.25) is 0 Å². The number of aromatic nitrogens is 1. The molecule has 0 bridgehead atoms. The summed E-state index contributed by atoms with van der Waals surface area (Å²) in [5, 5.41) is 1.19. The third-order valence-electron chi connectivity index (χ3n) is 3.09. The number of aryl methyl sites for hydroxylation is 2. The van der Waals surface area contributed by atoms with E-state index in [0.717, 1.165) is 21.6 Å². The van der Waals surface area contributed by atoms with E-state index < -0.39 is 0 Å². The van der Waals surface area contributed by atoms with Gasteiger partial charge in [0.2, 0.25) is 0 Å². The molecular weight excluding hydrogens is 240 g/mol. The van der Waals surface area contributed by atoms with Gasteiger partial charge >= 0.3 is 0 Å². The van der Waals surface area contributed by atoms with E-state index >= 15 is 0 Å². The fourth-order valence-electron chi connectivity index (χ4n) is 2.12. The highest BCUT2D eigenvalue weighted by atomic mass is 32.1. The first kappa shape index (κ1) is 11.2. The number of fused-ring (bicyclic) bond motifs is 1. The molecule has 0 saturated heterocycles. The van der Waals surface area contributed by atoms with Gasteiger partial charge in [-0.25, -0.2) is 0 Å². The number of hydrogen-bond acceptors (Lipinski definition) is 3. The minimum atomic E-state index is 0.813. The Bertz CT molecular complexity index is 728. The monoisotopic (exact) mass is 254 g/mol. The largest absolute Gasteiger partial charge is 0.398 e. The van der Waals surface area contributed by atoms with E-state index in [2.05, 4.69) is 42.5 Å². The number of nitrogens with zero attached hydrogens (tertiary/aromatic N) is 1. The Kier molecular flexibility index (Phi) is 2.56. The third-order valence-corrected chi connectivity index (χ3v) is 4.00. The predicted molar refractivity (Wildman–Crippen MR) is 78.9 cm³/mol. The lowest BCUT2D eigenvalue weighted by Gasteiger charge is -2.05. The predicted octanol–water partition coefficient (Wildman–Crippen LogP) is 4.16. The average molecular weight is 254 g/mol. The maximum atomic E-state index is 6.09. The molecule has 1 aromatic heterocycles. The second-order valence-electron chi connectivity index (χ2n) is 4.62. The summed E-state index contributed by atoms with van der Waals surface area (Å²) in [6, 6.07) is 12.5. The van der Waals surface area contributed by atoms with Crippen molar-refractivity contribution in [1.82, 2.24) is 4.37 Å². The van der Waals surface area contributed by atoms with Gasteiger partial charge in [-0.2, -0.15) is 4.37 Å². The molecule has 0 spiro atoms. The van der Waals surface area contributed by atoms with Crippen LogP contribution in [-0.4, -0.2) is 4.37 Å². The molecule has 2 aromatic carbocycles. The molecule has 0 aliphatic rings. The van der Waals surface area contributed by atoms with Crippen LogP contribution in [-0.2, 0) is 0 Å². The van der Waals surface area contributed by atoms with E-state index in [-0.39, 0.29) is 0 Å². The maximum absolute atomic E-state index is 6.09. The highest BCUT2D eigenvalue weighted by Crippen LogP contribution is 2.36. The second-order valence-corrected chi connectivity index (χ2v) is 5.40. The van der Waals surface area contributed by atoms with Crippen LogP contribution >= 0.6 is 11.5 Å². The molecule has 0 fully saturated rings. The lowest BCUT2D eigenvalue weighted by atomic mass is 10.0. The molecule has 3 aromatic rings. The lowest BCUT2D eigenvalue weighted by Crippen LogP contribution is -1.89. The Morgan fingerprint density at radius 3 is 2.56 bits per heavy atom. The molecule has 0 amide bonds. The second kappa shape index (κ2) is 4.10. The molecule has 0 radical (unpaired) electrons. The first-order chi connectivity index (χ1) is 8.65. The van der Waals surface area contributed by atoms with Crippen LogP contribution < -0.4 is 5.73 Å². The first-order valence-corrected chi connectivity index (χ1v) is 6.65. The van der Waals surface area contributed by atoms with Crippen molar-refractivity contribution in [2.24, 2.45) is 0 Å². The van der Waals surface area contributed by atoms with Gasteiger partial charge in [0.05, 0.1) is 10.4 Å². The van der Waals surface area contributed by atoms with Gasteiger partial charge < -0.3 is 5.73 Å². The van der Waals surface area contributed by atoms with E-state index in [9.17, 15) is 0 Å². The Hall–Kier alpha value is -1.87. The molecule has 3 heteroatoms. The smallest absolute Gasteiger partial charge is 0.0847 e. The molecule has 3 rings (SSSR count). The van der Waals surface area contributed by atoms with E-state index in [0.29, 0.717) is 0 Å². The van der Waals surface area contributed by atoms with Gasteiger partial charge in [0, 0.05) is 16.6 Å². The van der Waals surface area contributed by atoms with Gasteiger partial charge in [-0.05, 0) is 49.6 Å². The third kappa shape index (κ3) is 1.77. The number of nitrogens with two attached hydrogens (primary N) is 1. The van der Waals surface area contributed by atoms with Crippen molar-refractivity contribution < 1.29 is 0 Å². The molecule has 2 nitrogen and oxygen atoms in total. The molecule has 18 heavy (non-hydrogen) atoms. The topological polar surface area (TPSA) is 38.9 Å². The van der Waals surface area contributed by atoms with E-state index in [1.807, 2.05) is 12.1 Å². The Balaban J connectivity index is 2.31. The SMILES string of the molecule is Cc1ccc(N)c(-c2snc3ccc(C)cc23)c1. The minimum Gasteiger partial charge on any atom is -0.398 e. The number of rotatable bonds is 1. The van der Waals surface area contributed by atoms with Crippen molar-refractivity contribution in [1.29, 1.82) is 0 Å². The van der Waals surface area contributed by atoms with E-state index in [1.54, 1.807) is 0 Å². The summed E-state index contributed by atoms with van der Waals surface area (Å²) in [5.74, 6) is 0. The zero-order valence-electron chi connectivity index (χ0n) is 10.4. The average Bonchev–Trinajstić information content (AvgIpc) is 2.75. The summed E-state index contributed by atoms with van der Waals surface area (Å²) in [5.41, 5.74) is 11.5. The normalized spacial score (nSPS) is 11.0. The number of nitrogen functional groups attached to an aromatic ring is 1. The zero-order chi connectivity index (χ0) is 12.7. The highest BCUT2D eigenvalue weighted by molar-refractivity contribution is 7.11. The van der Waals surface area contributed by atoms with Crippen LogP contribution in [0.3, 0.4) is 0 Å². The highest BCUT2D eigenvalue weighted by Gasteiger charge is 2.11. The number of anilines is 1. The zero-order valence-corrected chi connectivity index (χ0v) is 11.2. The van der Waals surface area contributed by atoms with Crippen LogP contribution in [0, 0.1) is 13.8 Å². The fourth-order valence-corrected chi connectivity index (χ4v) is 3.00. The summed E-state index contributed by atoms with van der Waals surface area (Å²) in [6.45, 7) is 4.18. The Morgan fingerprint density at radius 2 is 1.72 bits per heavy atom. The van der Waals surface area contributed by atoms with Crippen molar-refractivity contribution in [2.45, 2.75) is 13.8 Å². The molecule has 0 aliphatic carbocycles. The van der Waals surface area contributed by atoms with Crippen molar-refractivity contribution >= 4 is 28.1 Å². The summed E-state index contributed by atoms with van der Waals surface area (Å²) < 4.78 is 4.49. The van der Waals surface area contributed by atoms with Gasteiger partial charge in [0.25, 0.3) is 0 Å². The standard InChI is InChI=1S/C15H14N2S/c1-9-3-5-13(16)11(7-9)15-12-8-10(2)4-6-14(12)17-18-15/h3-8H,16H2,1-2H3. The molecule has 0 aliphatic heterocycles.